The molecule has 0 aliphatic carbocycles. The van der Waals surface area contributed by atoms with Gasteiger partial charge in [-0.05, 0) is 12.1 Å². The van der Waals surface area contributed by atoms with Crippen LogP contribution in [-0.2, 0) is 4.79 Å². The number of carbonyl (C=O) groups excluding carboxylic acids is 1. The van der Waals surface area contributed by atoms with Gasteiger partial charge in [-0.15, -0.1) is 10.2 Å². The van der Waals surface area contributed by atoms with Crippen molar-refractivity contribution in [3.63, 3.8) is 0 Å². The zero-order chi connectivity index (χ0) is 16.5. The number of hydrogen-bond acceptors (Lipinski definition) is 8. The van der Waals surface area contributed by atoms with Gasteiger partial charge in [-0.25, -0.2) is 0 Å². The number of rotatable bonds is 8. The number of carbonyl (C=O) groups is 1. The van der Waals surface area contributed by atoms with Crippen molar-refractivity contribution in [3.8, 4) is 11.8 Å². The van der Waals surface area contributed by atoms with Gasteiger partial charge >= 0.3 is 0 Å². The molecule has 0 radical (unpaired) electrons. The van der Waals surface area contributed by atoms with Crippen LogP contribution in [0.15, 0.2) is 28.6 Å². The van der Waals surface area contributed by atoms with E-state index in [-0.39, 0.29) is 11.7 Å². The molecule has 0 aliphatic rings. The average molecular weight is 349 g/mol. The van der Waals surface area contributed by atoms with E-state index >= 15 is 0 Å². The number of methoxy groups -OCH3 is 1. The maximum Gasteiger partial charge on any atom is 0.230 e. The lowest BCUT2D eigenvalue weighted by Crippen LogP contribution is -2.25. The lowest BCUT2D eigenvalue weighted by molar-refractivity contribution is -0.118. The van der Waals surface area contributed by atoms with Crippen LogP contribution in [-0.4, -0.2) is 35.5 Å². The van der Waals surface area contributed by atoms with Crippen LogP contribution < -0.4 is 15.4 Å². The molecule has 9 heteroatoms. The number of aromatic nitrogens is 2. The third-order valence-electron chi connectivity index (χ3n) is 2.64. The molecule has 0 bridgehead atoms. The molecule has 1 aromatic carbocycles. The Bertz CT molecular complexity index is 698. The number of anilines is 2. The molecule has 0 fully saturated rings. The molecule has 120 valence electrons. The van der Waals surface area contributed by atoms with Gasteiger partial charge in [0, 0.05) is 6.54 Å². The molecule has 0 aliphatic heterocycles. The predicted octanol–water partition coefficient (Wildman–Crippen LogP) is 2.41. The van der Waals surface area contributed by atoms with E-state index in [0.29, 0.717) is 28.2 Å². The van der Waals surface area contributed by atoms with Crippen molar-refractivity contribution in [2.24, 2.45) is 0 Å². The fourth-order valence-corrected chi connectivity index (χ4v) is 3.21. The van der Waals surface area contributed by atoms with Crippen molar-refractivity contribution in [1.29, 1.82) is 5.26 Å². The zero-order valence-corrected chi connectivity index (χ0v) is 14.0. The highest BCUT2D eigenvalue weighted by atomic mass is 32.2. The molecule has 2 aromatic rings. The molecule has 23 heavy (non-hydrogen) atoms. The Morgan fingerprint density at radius 3 is 3.04 bits per heavy atom. The summed E-state index contributed by atoms with van der Waals surface area (Å²) >= 11 is 2.67. The van der Waals surface area contributed by atoms with E-state index in [1.54, 1.807) is 7.11 Å². The van der Waals surface area contributed by atoms with Crippen molar-refractivity contribution in [1.82, 2.24) is 15.5 Å². The Balaban J connectivity index is 1.86. The van der Waals surface area contributed by atoms with Crippen LogP contribution in [0.5, 0.6) is 5.75 Å². The highest BCUT2D eigenvalue weighted by molar-refractivity contribution is 8.01. The summed E-state index contributed by atoms with van der Waals surface area (Å²) < 4.78 is 5.96. The molecule has 7 nitrogen and oxygen atoms in total. The van der Waals surface area contributed by atoms with Crippen LogP contribution in [0, 0.1) is 11.3 Å². The van der Waals surface area contributed by atoms with E-state index in [9.17, 15) is 4.79 Å². The fourth-order valence-electron chi connectivity index (χ4n) is 1.62. The van der Waals surface area contributed by atoms with Gasteiger partial charge in [0.15, 0.2) is 4.34 Å². The Morgan fingerprint density at radius 2 is 2.26 bits per heavy atom. The molecule has 2 rings (SSSR count). The molecule has 0 spiro atoms. The quantitative estimate of drug-likeness (QED) is 0.557. The number of nitrogens with zero attached hydrogens (tertiary/aromatic N) is 3. The second-order valence-corrected chi connectivity index (χ2v) is 6.45. The molecule has 0 saturated carbocycles. The van der Waals surface area contributed by atoms with E-state index in [1.165, 1.54) is 23.1 Å². The van der Waals surface area contributed by atoms with Gasteiger partial charge < -0.3 is 15.4 Å². The van der Waals surface area contributed by atoms with Crippen molar-refractivity contribution in [2.45, 2.75) is 10.8 Å². The van der Waals surface area contributed by atoms with Gasteiger partial charge in [-0.1, -0.05) is 35.2 Å². The third-order valence-corrected chi connectivity index (χ3v) is 4.61. The van der Waals surface area contributed by atoms with Crippen LogP contribution in [0.3, 0.4) is 0 Å². The standard InChI is InChI=1S/C14H15N5O2S2/c1-21-11-6-3-2-5-10(11)17-13-18-19-14(23-13)22-9-12(20)16-8-4-7-15/h2-3,5-6H,4,8-9H2,1H3,(H,16,20)(H,17,18). The fraction of sp³-hybridized carbons (Fsp3) is 0.286. The molecule has 0 atom stereocenters. The highest BCUT2D eigenvalue weighted by Crippen LogP contribution is 2.31. The molecule has 1 amide bonds. The topological polar surface area (TPSA) is 99.9 Å². The van der Waals surface area contributed by atoms with Gasteiger partial charge in [-0.3, -0.25) is 4.79 Å². The summed E-state index contributed by atoms with van der Waals surface area (Å²) in [7, 11) is 1.60. The molecular weight excluding hydrogens is 334 g/mol. The van der Waals surface area contributed by atoms with Crippen molar-refractivity contribution in [3.05, 3.63) is 24.3 Å². The van der Waals surface area contributed by atoms with Gasteiger partial charge in [0.1, 0.15) is 5.75 Å². The Kier molecular flexibility index (Phi) is 6.65. The predicted molar refractivity (Wildman–Crippen MR) is 90.1 cm³/mol. The minimum absolute atomic E-state index is 0.125. The first-order chi connectivity index (χ1) is 11.2. The van der Waals surface area contributed by atoms with Gasteiger partial charge in [0.2, 0.25) is 11.0 Å². The smallest absolute Gasteiger partial charge is 0.230 e. The number of nitrogens with one attached hydrogen (secondary N) is 2. The molecule has 2 N–H and O–H groups in total. The number of ether oxygens (including phenoxy) is 1. The van der Waals surface area contributed by atoms with Gasteiger partial charge in [-0.2, -0.15) is 5.26 Å². The first-order valence-electron chi connectivity index (χ1n) is 6.73. The number of thioether (sulfide) groups is 1. The van der Waals surface area contributed by atoms with Crippen LogP contribution in [0.4, 0.5) is 10.8 Å². The Hall–Kier alpha value is -2.31. The molecule has 1 aromatic heterocycles. The molecule has 0 saturated heterocycles. The Labute approximate surface area is 142 Å². The van der Waals surface area contributed by atoms with Crippen molar-refractivity contribution < 1.29 is 9.53 Å². The lowest BCUT2D eigenvalue weighted by atomic mass is 10.3. The summed E-state index contributed by atoms with van der Waals surface area (Å²) in [4.78, 5) is 11.6. The van der Waals surface area contributed by atoms with Crippen LogP contribution in [0.25, 0.3) is 0 Å². The first-order valence-corrected chi connectivity index (χ1v) is 8.53. The SMILES string of the molecule is COc1ccccc1Nc1nnc(SCC(=O)NCCC#N)s1. The van der Waals surface area contributed by atoms with E-state index in [0.717, 1.165) is 5.69 Å². The average Bonchev–Trinajstić information content (AvgIpc) is 3.01. The molecule has 1 heterocycles. The van der Waals surface area contributed by atoms with E-state index < -0.39 is 0 Å². The van der Waals surface area contributed by atoms with E-state index in [2.05, 4.69) is 20.8 Å². The third kappa shape index (κ3) is 5.43. The van der Waals surface area contributed by atoms with Crippen LogP contribution >= 0.6 is 23.1 Å². The minimum Gasteiger partial charge on any atom is -0.495 e. The van der Waals surface area contributed by atoms with Crippen LogP contribution in [0.2, 0.25) is 0 Å². The second-order valence-electron chi connectivity index (χ2n) is 4.25. The van der Waals surface area contributed by atoms with E-state index in [1.807, 2.05) is 30.3 Å². The summed E-state index contributed by atoms with van der Waals surface area (Å²) in [5.41, 5.74) is 0.803. The maximum absolute atomic E-state index is 11.6. The van der Waals surface area contributed by atoms with Crippen molar-refractivity contribution in [2.75, 3.05) is 24.7 Å². The number of para-hydroxylation sites is 2. The molecular formula is C14H15N5O2S2. The van der Waals surface area contributed by atoms with E-state index in [4.69, 9.17) is 10.00 Å². The number of amides is 1. The second kappa shape index (κ2) is 8.97. The monoisotopic (exact) mass is 349 g/mol. The summed E-state index contributed by atoms with van der Waals surface area (Å²) in [5.74, 6) is 0.836. The minimum atomic E-state index is -0.125. The number of nitriles is 1. The first kappa shape index (κ1) is 17.1. The highest BCUT2D eigenvalue weighted by Gasteiger charge is 2.09. The summed E-state index contributed by atoms with van der Waals surface area (Å²) in [5, 5.41) is 22.9. The van der Waals surface area contributed by atoms with Crippen LogP contribution in [0.1, 0.15) is 6.42 Å². The summed E-state index contributed by atoms with van der Waals surface area (Å²) in [6, 6.07) is 9.49. The zero-order valence-electron chi connectivity index (χ0n) is 12.4. The number of benzene rings is 1. The van der Waals surface area contributed by atoms with Gasteiger partial charge in [0.25, 0.3) is 0 Å². The molecule has 0 unspecified atom stereocenters. The largest absolute Gasteiger partial charge is 0.495 e. The number of hydrogen-bond donors (Lipinski definition) is 2. The summed E-state index contributed by atoms with van der Waals surface area (Å²) in [6.45, 7) is 0.368. The Morgan fingerprint density at radius 1 is 1.43 bits per heavy atom. The lowest BCUT2D eigenvalue weighted by Gasteiger charge is -2.07. The van der Waals surface area contributed by atoms with Gasteiger partial charge in [0.05, 0.1) is 31.0 Å². The summed E-state index contributed by atoms with van der Waals surface area (Å²) in [6.07, 6.45) is 0.308. The normalized spacial score (nSPS) is 9.91. The van der Waals surface area contributed by atoms with Crippen molar-refractivity contribution >= 4 is 39.8 Å². The maximum atomic E-state index is 11.6.